The summed E-state index contributed by atoms with van der Waals surface area (Å²) < 4.78 is 0. The Hall–Kier alpha value is -1.02. The Morgan fingerprint density at radius 1 is 1.41 bits per heavy atom. The summed E-state index contributed by atoms with van der Waals surface area (Å²) in [6.45, 7) is 8.59. The van der Waals surface area contributed by atoms with E-state index in [1.807, 2.05) is 0 Å². The maximum Gasteiger partial charge on any atom is 0.0414 e. The van der Waals surface area contributed by atoms with Gasteiger partial charge in [-0.05, 0) is 37.3 Å². The first kappa shape index (κ1) is 12.4. The van der Waals surface area contributed by atoms with Crippen molar-refractivity contribution in [1.29, 1.82) is 0 Å². The predicted molar refractivity (Wildman–Crippen MR) is 74.3 cm³/mol. The number of hydrogen-bond acceptors (Lipinski definition) is 2. The highest BCUT2D eigenvalue weighted by molar-refractivity contribution is 5.56. The van der Waals surface area contributed by atoms with Gasteiger partial charge in [0, 0.05) is 24.8 Å². The number of rotatable bonds is 3. The summed E-state index contributed by atoms with van der Waals surface area (Å²) in [5.74, 6) is 0.712. The van der Waals surface area contributed by atoms with Gasteiger partial charge in [0.05, 0.1) is 0 Å². The first-order valence-corrected chi connectivity index (χ1v) is 6.69. The molecule has 1 fully saturated rings. The van der Waals surface area contributed by atoms with E-state index in [0.717, 1.165) is 0 Å². The molecule has 2 nitrogen and oxygen atoms in total. The molecular weight excluding hydrogens is 208 g/mol. The van der Waals surface area contributed by atoms with Crippen molar-refractivity contribution < 1.29 is 0 Å². The molecule has 0 aromatic heterocycles. The van der Waals surface area contributed by atoms with Gasteiger partial charge in [-0.3, -0.25) is 0 Å². The number of nitrogens with two attached hydrogens (primary N) is 1. The highest BCUT2D eigenvalue weighted by Gasteiger charge is 2.28. The Kier molecular flexibility index (Phi) is 3.72. The van der Waals surface area contributed by atoms with E-state index < -0.39 is 0 Å². The Labute approximate surface area is 105 Å². The van der Waals surface area contributed by atoms with Crippen molar-refractivity contribution in [2.45, 2.75) is 46.2 Å². The zero-order valence-electron chi connectivity index (χ0n) is 11.2. The standard InChI is InChI=1S/C15H24N2/c1-11(2)14-5-4-8-17(14)15-7-6-12(3)9-13(15)10-16/h6-7,9,11,14H,4-5,8,10,16H2,1-3H3. The van der Waals surface area contributed by atoms with E-state index in [1.54, 1.807) is 0 Å². The molecule has 17 heavy (non-hydrogen) atoms. The summed E-state index contributed by atoms with van der Waals surface area (Å²) in [4.78, 5) is 2.56. The predicted octanol–water partition coefficient (Wildman–Crippen LogP) is 3.08. The average molecular weight is 232 g/mol. The van der Waals surface area contributed by atoms with E-state index in [0.29, 0.717) is 18.5 Å². The van der Waals surface area contributed by atoms with Gasteiger partial charge in [-0.15, -0.1) is 0 Å². The van der Waals surface area contributed by atoms with Crippen LogP contribution < -0.4 is 10.6 Å². The van der Waals surface area contributed by atoms with Gasteiger partial charge in [0.1, 0.15) is 0 Å². The highest BCUT2D eigenvalue weighted by atomic mass is 15.2. The monoisotopic (exact) mass is 232 g/mol. The molecule has 2 heteroatoms. The van der Waals surface area contributed by atoms with Crippen molar-refractivity contribution >= 4 is 5.69 Å². The van der Waals surface area contributed by atoms with Gasteiger partial charge in [-0.2, -0.15) is 0 Å². The van der Waals surface area contributed by atoms with Crippen LogP contribution in [0.5, 0.6) is 0 Å². The fourth-order valence-corrected chi connectivity index (χ4v) is 2.94. The number of hydrogen-bond donors (Lipinski definition) is 1. The normalized spacial score (nSPS) is 20.3. The highest BCUT2D eigenvalue weighted by Crippen LogP contribution is 2.32. The van der Waals surface area contributed by atoms with Crippen LogP contribution in [-0.4, -0.2) is 12.6 Å². The Morgan fingerprint density at radius 3 is 2.82 bits per heavy atom. The molecule has 2 N–H and O–H groups in total. The molecule has 1 aliphatic rings. The average Bonchev–Trinajstić information content (AvgIpc) is 2.77. The lowest BCUT2D eigenvalue weighted by atomic mass is 10.0. The fourth-order valence-electron chi connectivity index (χ4n) is 2.94. The van der Waals surface area contributed by atoms with E-state index in [1.165, 1.54) is 36.2 Å². The van der Waals surface area contributed by atoms with Gasteiger partial charge in [-0.1, -0.05) is 31.5 Å². The number of aryl methyl sites for hydroxylation is 1. The van der Waals surface area contributed by atoms with Crippen molar-refractivity contribution in [3.8, 4) is 0 Å². The van der Waals surface area contributed by atoms with Crippen LogP contribution in [0.4, 0.5) is 5.69 Å². The van der Waals surface area contributed by atoms with Gasteiger partial charge in [0.2, 0.25) is 0 Å². The summed E-state index contributed by atoms with van der Waals surface area (Å²) in [6.07, 6.45) is 2.62. The molecule has 1 atom stereocenters. The molecule has 2 rings (SSSR count). The second-order valence-corrected chi connectivity index (χ2v) is 5.48. The van der Waals surface area contributed by atoms with E-state index in [2.05, 4.69) is 43.9 Å². The van der Waals surface area contributed by atoms with Crippen molar-refractivity contribution in [1.82, 2.24) is 0 Å². The Morgan fingerprint density at radius 2 is 2.18 bits per heavy atom. The van der Waals surface area contributed by atoms with E-state index in [-0.39, 0.29) is 0 Å². The van der Waals surface area contributed by atoms with Crippen LogP contribution >= 0.6 is 0 Å². The van der Waals surface area contributed by atoms with Crippen molar-refractivity contribution in [3.63, 3.8) is 0 Å². The van der Waals surface area contributed by atoms with E-state index in [4.69, 9.17) is 5.73 Å². The molecule has 1 aliphatic heterocycles. The van der Waals surface area contributed by atoms with Crippen LogP contribution in [0.1, 0.15) is 37.8 Å². The zero-order valence-corrected chi connectivity index (χ0v) is 11.2. The smallest absolute Gasteiger partial charge is 0.0414 e. The maximum absolute atomic E-state index is 5.88. The summed E-state index contributed by atoms with van der Waals surface area (Å²) >= 11 is 0. The molecule has 0 spiro atoms. The molecule has 1 unspecified atom stereocenters. The van der Waals surface area contributed by atoms with E-state index >= 15 is 0 Å². The molecular formula is C15H24N2. The van der Waals surface area contributed by atoms with Crippen LogP contribution in [0.2, 0.25) is 0 Å². The summed E-state index contributed by atoms with van der Waals surface area (Å²) in [7, 11) is 0. The fraction of sp³-hybridized carbons (Fsp3) is 0.600. The molecule has 94 valence electrons. The van der Waals surface area contributed by atoms with E-state index in [9.17, 15) is 0 Å². The second-order valence-electron chi connectivity index (χ2n) is 5.48. The Bertz CT molecular complexity index is 385. The summed E-state index contributed by atoms with van der Waals surface area (Å²) in [6, 6.07) is 7.36. The third-order valence-electron chi connectivity index (χ3n) is 3.83. The SMILES string of the molecule is Cc1ccc(N2CCCC2C(C)C)c(CN)c1. The van der Waals surface area contributed by atoms with Crippen LogP contribution in [-0.2, 0) is 6.54 Å². The largest absolute Gasteiger partial charge is 0.368 e. The molecule has 0 amide bonds. The first-order valence-electron chi connectivity index (χ1n) is 6.69. The van der Waals surface area contributed by atoms with Crippen LogP contribution in [0, 0.1) is 12.8 Å². The lowest BCUT2D eigenvalue weighted by Crippen LogP contribution is -2.34. The molecule has 1 heterocycles. The van der Waals surface area contributed by atoms with Crippen LogP contribution in [0.25, 0.3) is 0 Å². The Balaban J connectivity index is 2.32. The topological polar surface area (TPSA) is 29.3 Å². The maximum atomic E-state index is 5.88. The summed E-state index contributed by atoms with van der Waals surface area (Å²) in [5.41, 5.74) is 9.83. The molecule has 0 radical (unpaired) electrons. The minimum absolute atomic E-state index is 0.637. The van der Waals surface area contributed by atoms with Crippen LogP contribution in [0.15, 0.2) is 18.2 Å². The lowest BCUT2D eigenvalue weighted by molar-refractivity contribution is 0.491. The van der Waals surface area contributed by atoms with Gasteiger partial charge >= 0.3 is 0 Å². The number of anilines is 1. The van der Waals surface area contributed by atoms with Crippen molar-refractivity contribution in [2.75, 3.05) is 11.4 Å². The lowest BCUT2D eigenvalue weighted by Gasteiger charge is -2.31. The van der Waals surface area contributed by atoms with Gasteiger partial charge < -0.3 is 10.6 Å². The second kappa shape index (κ2) is 5.09. The first-order chi connectivity index (χ1) is 8.13. The minimum atomic E-state index is 0.637. The molecule has 0 bridgehead atoms. The zero-order chi connectivity index (χ0) is 12.4. The molecule has 0 saturated carbocycles. The molecule has 1 saturated heterocycles. The molecule has 1 aromatic carbocycles. The third-order valence-corrected chi connectivity index (χ3v) is 3.83. The summed E-state index contributed by atoms with van der Waals surface area (Å²) in [5, 5.41) is 0. The van der Waals surface area contributed by atoms with Crippen molar-refractivity contribution in [3.05, 3.63) is 29.3 Å². The minimum Gasteiger partial charge on any atom is -0.368 e. The third kappa shape index (κ3) is 2.47. The number of nitrogens with zero attached hydrogens (tertiary/aromatic N) is 1. The van der Waals surface area contributed by atoms with Gasteiger partial charge in [-0.25, -0.2) is 0 Å². The van der Waals surface area contributed by atoms with Gasteiger partial charge in [0.25, 0.3) is 0 Å². The molecule has 0 aliphatic carbocycles. The van der Waals surface area contributed by atoms with Gasteiger partial charge in [0.15, 0.2) is 0 Å². The number of benzene rings is 1. The quantitative estimate of drug-likeness (QED) is 0.867. The molecule has 1 aromatic rings. The van der Waals surface area contributed by atoms with Crippen molar-refractivity contribution in [2.24, 2.45) is 11.7 Å². The van der Waals surface area contributed by atoms with Crippen LogP contribution in [0.3, 0.4) is 0 Å².